The maximum Gasteiger partial charge on any atom is 0.407 e. The largest absolute Gasteiger partial charge is 0.480 e. The van der Waals surface area contributed by atoms with Gasteiger partial charge in [0.15, 0.2) is 0 Å². The maximum absolute atomic E-state index is 13.0. The molecular weight excluding hydrogens is 446 g/mol. The van der Waals surface area contributed by atoms with Crippen LogP contribution in [0, 0.1) is 5.92 Å². The van der Waals surface area contributed by atoms with Gasteiger partial charge in [0.2, 0.25) is 5.91 Å². The molecule has 2 unspecified atom stereocenters. The zero-order chi connectivity index (χ0) is 24.4. The van der Waals surface area contributed by atoms with Crippen LogP contribution in [0.4, 0.5) is 4.79 Å². The molecule has 1 fully saturated rings. The highest BCUT2D eigenvalue weighted by Crippen LogP contribution is 2.44. The van der Waals surface area contributed by atoms with Crippen LogP contribution >= 0.6 is 0 Å². The van der Waals surface area contributed by atoms with E-state index in [0.29, 0.717) is 0 Å². The van der Waals surface area contributed by atoms with Gasteiger partial charge in [-0.15, -0.1) is 0 Å². The highest BCUT2D eigenvalue weighted by molar-refractivity contribution is 5.89. The van der Waals surface area contributed by atoms with Crippen molar-refractivity contribution in [3.8, 4) is 11.1 Å². The zero-order valence-electron chi connectivity index (χ0n) is 19.1. The second kappa shape index (κ2) is 9.66. The first-order chi connectivity index (χ1) is 17.0. The number of carbonyl (C=O) groups excluding carboxylic acids is 2. The standard InChI is InChI=1S/C27H27N3O5/c31-25(30-24(26(32)33)16-11-12-16)23(14-17-6-5-13-28-17)29-27(34)35-15-22-20-9-3-1-7-18(20)19-8-2-4-10-21(19)22/h1-10,13,16,22-24,28H,11-12,14-15H2,(H,29,34)(H,30,31)(H,32,33). The summed E-state index contributed by atoms with van der Waals surface area (Å²) in [6, 6.07) is 17.7. The lowest BCUT2D eigenvalue weighted by molar-refractivity contribution is -0.142. The normalized spacial score (nSPS) is 16.0. The lowest BCUT2D eigenvalue weighted by Crippen LogP contribution is -2.53. The monoisotopic (exact) mass is 473 g/mol. The molecule has 1 saturated carbocycles. The average Bonchev–Trinajstić information content (AvgIpc) is 3.47. The number of aromatic nitrogens is 1. The number of aliphatic carboxylic acids is 1. The molecule has 1 heterocycles. The second-order valence-corrected chi connectivity index (χ2v) is 9.08. The molecule has 2 aliphatic carbocycles. The van der Waals surface area contributed by atoms with Crippen LogP contribution in [-0.4, -0.2) is 46.8 Å². The fourth-order valence-electron chi connectivity index (χ4n) is 4.77. The minimum atomic E-state index is -1.07. The summed E-state index contributed by atoms with van der Waals surface area (Å²) in [6.07, 6.45) is 2.70. The summed E-state index contributed by atoms with van der Waals surface area (Å²) in [5.41, 5.74) is 5.18. The van der Waals surface area contributed by atoms with Crippen molar-refractivity contribution in [3.63, 3.8) is 0 Å². The van der Waals surface area contributed by atoms with Gasteiger partial charge in [0.1, 0.15) is 18.7 Å². The molecular formula is C27H27N3O5. The molecule has 1 aromatic heterocycles. The Morgan fingerprint density at radius 2 is 1.60 bits per heavy atom. The van der Waals surface area contributed by atoms with Gasteiger partial charge < -0.3 is 25.5 Å². The van der Waals surface area contributed by atoms with Crippen LogP contribution in [0.15, 0.2) is 66.9 Å². The first kappa shape index (κ1) is 22.7. The minimum absolute atomic E-state index is 0.0722. The van der Waals surface area contributed by atoms with E-state index in [0.717, 1.165) is 40.8 Å². The van der Waals surface area contributed by atoms with Crippen molar-refractivity contribution in [1.82, 2.24) is 15.6 Å². The van der Waals surface area contributed by atoms with E-state index in [4.69, 9.17) is 4.74 Å². The molecule has 2 aliphatic rings. The van der Waals surface area contributed by atoms with Crippen molar-refractivity contribution >= 4 is 18.0 Å². The molecule has 0 aliphatic heterocycles. The Hall–Kier alpha value is -4.07. The van der Waals surface area contributed by atoms with E-state index >= 15 is 0 Å². The van der Waals surface area contributed by atoms with E-state index in [-0.39, 0.29) is 24.9 Å². The van der Waals surface area contributed by atoms with Crippen LogP contribution in [0.1, 0.15) is 35.6 Å². The maximum atomic E-state index is 13.0. The van der Waals surface area contributed by atoms with Crippen molar-refractivity contribution in [2.75, 3.05) is 6.61 Å². The number of hydrogen-bond donors (Lipinski definition) is 4. The summed E-state index contributed by atoms with van der Waals surface area (Å²) >= 11 is 0. The summed E-state index contributed by atoms with van der Waals surface area (Å²) in [4.78, 5) is 40.4. The first-order valence-electron chi connectivity index (χ1n) is 11.8. The van der Waals surface area contributed by atoms with E-state index in [9.17, 15) is 19.5 Å². The number of carboxylic acids is 1. The van der Waals surface area contributed by atoms with Crippen molar-refractivity contribution in [3.05, 3.63) is 83.7 Å². The molecule has 35 heavy (non-hydrogen) atoms. The molecule has 2 amide bonds. The number of ether oxygens (including phenoxy) is 1. The Morgan fingerprint density at radius 3 is 2.17 bits per heavy atom. The summed E-state index contributed by atoms with van der Waals surface area (Å²) < 4.78 is 5.60. The molecule has 2 aromatic carbocycles. The number of carbonyl (C=O) groups is 3. The molecule has 180 valence electrons. The third-order valence-corrected chi connectivity index (χ3v) is 6.70. The molecule has 0 radical (unpaired) electrons. The number of aromatic amines is 1. The summed E-state index contributed by atoms with van der Waals surface area (Å²) in [7, 11) is 0. The van der Waals surface area contributed by atoms with Crippen LogP contribution in [0.5, 0.6) is 0 Å². The van der Waals surface area contributed by atoms with Crippen LogP contribution < -0.4 is 10.6 Å². The third kappa shape index (κ3) is 4.91. The Morgan fingerprint density at radius 1 is 0.943 bits per heavy atom. The average molecular weight is 474 g/mol. The number of alkyl carbamates (subject to hydrolysis) is 1. The van der Waals surface area contributed by atoms with E-state index in [1.165, 1.54) is 0 Å². The highest BCUT2D eigenvalue weighted by Gasteiger charge is 2.39. The second-order valence-electron chi connectivity index (χ2n) is 9.08. The van der Waals surface area contributed by atoms with E-state index < -0.39 is 30.1 Å². The SMILES string of the molecule is O=C(NC(Cc1ccc[nH]1)C(=O)NC(C(=O)O)C1CC1)OCC1c2ccccc2-c2ccccc21. The van der Waals surface area contributed by atoms with E-state index in [2.05, 4.69) is 27.8 Å². The van der Waals surface area contributed by atoms with Gasteiger partial charge in [-0.3, -0.25) is 4.79 Å². The Balaban J connectivity index is 1.27. The number of rotatable bonds is 9. The molecule has 8 nitrogen and oxygen atoms in total. The molecule has 3 aromatic rings. The number of benzene rings is 2. The number of amides is 2. The predicted octanol–water partition coefficient (Wildman–Crippen LogP) is 3.44. The number of hydrogen-bond acceptors (Lipinski definition) is 4. The fraction of sp³-hybridized carbons (Fsp3) is 0.296. The number of nitrogens with one attached hydrogen (secondary N) is 3. The smallest absolute Gasteiger partial charge is 0.407 e. The summed E-state index contributed by atoms with van der Waals surface area (Å²) in [6.45, 7) is 0.122. The van der Waals surface area contributed by atoms with Crippen LogP contribution in [0.25, 0.3) is 11.1 Å². The Bertz CT molecular complexity index is 1190. The van der Waals surface area contributed by atoms with E-state index in [1.807, 2.05) is 36.4 Å². The predicted molar refractivity (Wildman–Crippen MR) is 129 cm³/mol. The van der Waals surface area contributed by atoms with Gasteiger partial charge in [-0.1, -0.05) is 48.5 Å². The van der Waals surface area contributed by atoms with Crippen molar-refractivity contribution < 1.29 is 24.2 Å². The molecule has 5 rings (SSSR count). The van der Waals surface area contributed by atoms with Gasteiger partial charge in [-0.25, -0.2) is 9.59 Å². The molecule has 0 spiro atoms. The summed E-state index contributed by atoms with van der Waals surface area (Å²) in [5, 5.41) is 14.7. The van der Waals surface area contributed by atoms with Gasteiger partial charge in [0, 0.05) is 24.2 Å². The Kier molecular flexibility index (Phi) is 6.27. The summed E-state index contributed by atoms with van der Waals surface area (Å²) in [5.74, 6) is -1.79. The fourth-order valence-corrected chi connectivity index (χ4v) is 4.77. The van der Waals surface area contributed by atoms with Gasteiger partial charge in [0.05, 0.1) is 0 Å². The lowest BCUT2D eigenvalue weighted by Gasteiger charge is -2.21. The van der Waals surface area contributed by atoms with Crippen molar-refractivity contribution in [2.45, 2.75) is 37.3 Å². The van der Waals surface area contributed by atoms with Crippen LogP contribution in [0.2, 0.25) is 0 Å². The zero-order valence-corrected chi connectivity index (χ0v) is 19.1. The number of H-pyrrole nitrogens is 1. The lowest BCUT2D eigenvalue weighted by atomic mass is 9.98. The van der Waals surface area contributed by atoms with Crippen molar-refractivity contribution in [2.24, 2.45) is 5.92 Å². The third-order valence-electron chi connectivity index (χ3n) is 6.70. The van der Waals surface area contributed by atoms with Gasteiger partial charge in [-0.2, -0.15) is 0 Å². The van der Waals surface area contributed by atoms with Gasteiger partial charge in [0.25, 0.3) is 0 Å². The molecule has 0 bridgehead atoms. The first-order valence-corrected chi connectivity index (χ1v) is 11.8. The van der Waals surface area contributed by atoms with Gasteiger partial charge >= 0.3 is 12.1 Å². The molecule has 0 saturated heterocycles. The molecule has 8 heteroatoms. The molecule has 4 N–H and O–H groups in total. The Labute approximate surface area is 202 Å². The van der Waals surface area contributed by atoms with Crippen LogP contribution in [-0.2, 0) is 20.7 Å². The quantitative estimate of drug-likeness (QED) is 0.379. The highest BCUT2D eigenvalue weighted by atomic mass is 16.5. The van der Waals surface area contributed by atoms with Gasteiger partial charge in [-0.05, 0) is 53.1 Å². The molecule has 2 atom stereocenters. The topological polar surface area (TPSA) is 121 Å². The van der Waals surface area contributed by atoms with Crippen LogP contribution in [0.3, 0.4) is 0 Å². The minimum Gasteiger partial charge on any atom is -0.480 e. The number of fused-ring (bicyclic) bond motifs is 3. The van der Waals surface area contributed by atoms with E-state index in [1.54, 1.807) is 18.3 Å². The van der Waals surface area contributed by atoms with Crippen molar-refractivity contribution in [1.29, 1.82) is 0 Å². The number of carboxylic acid groups (broad SMARTS) is 1.